The van der Waals surface area contributed by atoms with Gasteiger partial charge in [-0.15, -0.1) is 11.3 Å². The third-order valence-electron chi connectivity index (χ3n) is 4.78. The van der Waals surface area contributed by atoms with Crippen molar-refractivity contribution in [2.75, 3.05) is 19.6 Å². The molecule has 0 N–H and O–H groups in total. The van der Waals surface area contributed by atoms with Gasteiger partial charge in [0.15, 0.2) is 0 Å². The molecule has 2 saturated heterocycles. The second kappa shape index (κ2) is 7.45. The van der Waals surface area contributed by atoms with Gasteiger partial charge in [-0.3, -0.25) is 4.98 Å². The highest BCUT2D eigenvalue weighted by atomic mass is 32.1. The van der Waals surface area contributed by atoms with E-state index in [1.807, 2.05) is 30.3 Å². The van der Waals surface area contributed by atoms with Crippen LogP contribution in [0.15, 0.2) is 36.5 Å². The van der Waals surface area contributed by atoms with E-state index in [-0.39, 0.29) is 19.5 Å². The van der Waals surface area contributed by atoms with Gasteiger partial charge in [0.25, 0.3) is 0 Å². The molecule has 0 saturated carbocycles. The van der Waals surface area contributed by atoms with Crippen LogP contribution >= 0.6 is 11.3 Å². The number of rotatable bonds is 3. The van der Waals surface area contributed by atoms with E-state index in [0.717, 1.165) is 30.1 Å². The maximum atomic E-state index is 12.5. The van der Waals surface area contributed by atoms with E-state index in [2.05, 4.69) is 9.88 Å². The number of piperidine rings is 2. The van der Waals surface area contributed by atoms with Crippen molar-refractivity contribution in [3.05, 3.63) is 48.8 Å². The number of fused-ring (bicyclic) bond motifs is 2. The van der Waals surface area contributed by atoms with Gasteiger partial charge in [-0.05, 0) is 50.1 Å². The Morgan fingerprint density at radius 2 is 2.12 bits per heavy atom. The molecular weight excluding hydrogens is 320 g/mol. The first-order valence-electron chi connectivity index (χ1n) is 8.24. The van der Waals surface area contributed by atoms with Gasteiger partial charge in [-0.2, -0.15) is 0 Å². The largest absolute Gasteiger partial charge is 0.458 e. The van der Waals surface area contributed by atoms with Crippen LogP contribution in [0.2, 0.25) is 0 Å². The van der Waals surface area contributed by atoms with E-state index in [4.69, 9.17) is 4.74 Å². The fourth-order valence-corrected chi connectivity index (χ4v) is 4.45. The number of aromatic nitrogens is 1. The standard InChI is InChI=1S/C18H20N2O2S.CH2/c21-18(22-15-8-11-20-10-3-4-13(15)12-20)17-7-6-16(23-17)14-5-1-2-9-19-14;/h1-2,5-7,9,13,15H,3-4,8,10-12H2;1H2. The number of carbonyl (C=O) groups is 1. The predicted molar refractivity (Wildman–Crippen MR) is 95.9 cm³/mol. The van der Waals surface area contributed by atoms with Crippen LogP contribution in [0.5, 0.6) is 0 Å². The average Bonchev–Trinajstić information content (AvgIpc) is 3.09. The van der Waals surface area contributed by atoms with E-state index in [0.29, 0.717) is 10.8 Å². The predicted octanol–water partition coefficient (Wildman–Crippen LogP) is 3.78. The number of pyridine rings is 1. The van der Waals surface area contributed by atoms with Crippen LogP contribution < -0.4 is 0 Å². The van der Waals surface area contributed by atoms with E-state index in [1.165, 1.54) is 30.7 Å². The summed E-state index contributed by atoms with van der Waals surface area (Å²) < 4.78 is 5.84. The van der Waals surface area contributed by atoms with E-state index in [9.17, 15) is 4.79 Å². The van der Waals surface area contributed by atoms with Crippen LogP contribution in [0.4, 0.5) is 0 Å². The van der Waals surface area contributed by atoms with E-state index < -0.39 is 0 Å². The molecule has 4 heterocycles. The van der Waals surface area contributed by atoms with Crippen LogP contribution in [0.1, 0.15) is 28.9 Å². The Morgan fingerprint density at radius 3 is 2.96 bits per heavy atom. The Morgan fingerprint density at radius 1 is 1.21 bits per heavy atom. The second-order valence-electron chi connectivity index (χ2n) is 6.31. The number of thiophene rings is 1. The molecule has 0 aliphatic carbocycles. The van der Waals surface area contributed by atoms with Gasteiger partial charge < -0.3 is 9.64 Å². The van der Waals surface area contributed by atoms with Gasteiger partial charge in [0.05, 0.1) is 10.6 Å². The van der Waals surface area contributed by atoms with Gasteiger partial charge >= 0.3 is 5.97 Å². The normalized spacial score (nSPS) is 25.6. The third kappa shape index (κ3) is 3.52. The Kier molecular flexibility index (Phi) is 5.31. The van der Waals surface area contributed by atoms with Gasteiger partial charge in [0.2, 0.25) is 0 Å². The second-order valence-corrected chi connectivity index (χ2v) is 7.40. The lowest BCUT2D eigenvalue weighted by atomic mass is 9.87. The van der Waals surface area contributed by atoms with Crippen molar-refractivity contribution >= 4 is 17.3 Å². The van der Waals surface area contributed by atoms with Crippen molar-refractivity contribution in [1.82, 2.24) is 9.88 Å². The minimum atomic E-state index is -0.179. The lowest BCUT2D eigenvalue weighted by Crippen LogP contribution is -2.48. The minimum absolute atomic E-state index is 0. The van der Waals surface area contributed by atoms with Crippen molar-refractivity contribution in [3.8, 4) is 10.6 Å². The summed E-state index contributed by atoms with van der Waals surface area (Å²) in [6, 6.07) is 9.61. The molecule has 2 aliphatic rings. The molecule has 0 spiro atoms. The number of carbonyl (C=O) groups excluding carboxylic acids is 1. The molecule has 126 valence electrons. The maximum Gasteiger partial charge on any atom is 0.348 e. The van der Waals surface area contributed by atoms with Crippen LogP contribution in [0, 0.1) is 13.3 Å². The van der Waals surface area contributed by atoms with Crippen LogP contribution in [0.3, 0.4) is 0 Å². The number of hydrogen-bond donors (Lipinski definition) is 0. The van der Waals surface area contributed by atoms with Gasteiger partial charge in [-0.25, -0.2) is 4.79 Å². The minimum Gasteiger partial charge on any atom is -0.458 e. The molecule has 3 atom stereocenters. The Labute approximate surface area is 147 Å². The van der Waals surface area contributed by atoms with Crippen molar-refractivity contribution in [2.24, 2.45) is 5.92 Å². The zero-order chi connectivity index (χ0) is 15.6. The quantitative estimate of drug-likeness (QED) is 0.796. The zero-order valence-electron chi connectivity index (χ0n) is 13.7. The molecule has 0 amide bonds. The summed E-state index contributed by atoms with van der Waals surface area (Å²) in [5, 5.41) is 0. The number of nitrogens with zero attached hydrogens (tertiary/aromatic N) is 2. The van der Waals surface area contributed by atoms with Crippen LogP contribution in [-0.2, 0) is 4.74 Å². The van der Waals surface area contributed by atoms with E-state index in [1.54, 1.807) is 6.20 Å². The first-order valence-corrected chi connectivity index (χ1v) is 9.06. The van der Waals surface area contributed by atoms with Crippen LogP contribution in [-0.4, -0.2) is 41.6 Å². The first kappa shape index (κ1) is 17.1. The Balaban J connectivity index is 0.00000169. The van der Waals surface area contributed by atoms with Gasteiger partial charge in [0, 0.05) is 25.2 Å². The number of esters is 1. The molecule has 4 nitrogen and oxygen atoms in total. The lowest BCUT2D eigenvalue weighted by Gasteiger charge is -2.41. The highest BCUT2D eigenvalue weighted by Crippen LogP contribution is 2.31. The first-order chi connectivity index (χ1) is 11.3. The van der Waals surface area contributed by atoms with E-state index >= 15 is 0 Å². The molecule has 0 aromatic carbocycles. The number of hydrogen-bond acceptors (Lipinski definition) is 5. The third-order valence-corrected chi connectivity index (χ3v) is 5.87. The summed E-state index contributed by atoms with van der Waals surface area (Å²) >= 11 is 1.46. The summed E-state index contributed by atoms with van der Waals surface area (Å²) in [6.45, 7) is 3.34. The summed E-state index contributed by atoms with van der Waals surface area (Å²) in [5.41, 5.74) is 0.900. The monoisotopic (exact) mass is 342 g/mol. The molecule has 5 heteroatoms. The highest BCUT2D eigenvalue weighted by molar-refractivity contribution is 7.17. The molecule has 2 radical (unpaired) electrons. The van der Waals surface area contributed by atoms with Gasteiger partial charge in [0.1, 0.15) is 11.0 Å². The molecule has 2 bridgehead atoms. The molecule has 2 aromatic heterocycles. The summed E-state index contributed by atoms with van der Waals surface area (Å²) in [4.78, 5) is 21.0. The number of ether oxygens (including phenoxy) is 1. The molecular formula is C19H22N2O2S. The van der Waals surface area contributed by atoms with Gasteiger partial charge in [-0.1, -0.05) is 13.5 Å². The summed E-state index contributed by atoms with van der Waals surface area (Å²) in [5.74, 6) is 0.331. The van der Waals surface area contributed by atoms with Crippen LogP contribution in [0.25, 0.3) is 10.6 Å². The topological polar surface area (TPSA) is 42.4 Å². The average molecular weight is 342 g/mol. The zero-order valence-corrected chi connectivity index (χ0v) is 14.5. The van der Waals surface area contributed by atoms with Crippen molar-refractivity contribution in [1.29, 1.82) is 0 Å². The molecule has 2 aliphatic heterocycles. The molecule has 4 rings (SSSR count). The van der Waals surface area contributed by atoms with Crippen molar-refractivity contribution in [3.63, 3.8) is 0 Å². The molecule has 24 heavy (non-hydrogen) atoms. The molecule has 2 aromatic rings. The summed E-state index contributed by atoms with van der Waals surface area (Å²) in [7, 11) is 0. The van der Waals surface area contributed by atoms with Crippen molar-refractivity contribution < 1.29 is 9.53 Å². The van der Waals surface area contributed by atoms with Crippen molar-refractivity contribution in [2.45, 2.75) is 25.4 Å². The Hall–Kier alpha value is -1.72. The Bertz CT molecular complexity index is 686. The maximum absolute atomic E-state index is 12.5. The molecule has 2 fully saturated rings. The molecule has 3 unspecified atom stereocenters. The fraction of sp³-hybridized carbons (Fsp3) is 0.421. The fourth-order valence-electron chi connectivity index (χ4n) is 3.59. The smallest absolute Gasteiger partial charge is 0.348 e. The summed E-state index contributed by atoms with van der Waals surface area (Å²) in [6.07, 6.45) is 5.22. The SMILES string of the molecule is O=C(OC1CCN2CCCC1C2)c1ccc(-c2ccccn2)s1.[CH2]. The lowest BCUT2D eigenvalue weighted by molar-refractivity contribution is -0.0289. The highest BCUT2D eigenvalue weighted by Gasteiger charge is 2.34.